The molecule has 5 rings (SSSR count). The molecule has 2 aromatic heterocycles. The molecule has 0 saturated carbocycles. The number of carbonyl (C=O) groups excluding carboxylic acids is 1. The average molecular weight is 485 g/mol. The maximum absolute atomic E-state index is 13.3. The molecule has 0 bridgehead atoms. The van der Waals surface area contributed by atoms with Crippen molar-refractivity contribution in [3.05, 3.63) is 82.9 Å². The van der Waals surface area contributed by atoms with Crippen LogP contribution in [0.25, 0.3) is 10.8 Å². The lowest BCUT2D eigenvalue weighted by Crippen LogP contribution is -2.25. The molecule has 0 spiro atoms. The molecule has 1 aliphatic rings. The minimum absolute atomic E-state index is 0.189. The number of aromatic nitrogens is 2. The first-order valence-corrected chi connectivity index (χ1v) is 12.6. The monoisotopic (exact) mass is 484 g/mol. The van der Waals surface area contributed by atoms with E-state index in [-0.39, 0.29) is 12.5 Å². The van der Waals surface area contributed by atoms with Crippen LogP contribution in [-0.4, -0.2) is 29.1 Å². The van der Waals surface area contributed by atoms with E-state index < -0.39 is 0 Å². The predicted octanol–water partition coefficient (Wildman–Crippen LogP) is 5.73. The Balaban J connectivity index is 1.31. The van der Waals surface area contributed by atoms with E-state index in [4.69, 9.17) is 9.26 Å². The van der Waals surface area contributed by atoms with Gasteiger partial charge in [0.25, 0.3) is 5.91 Å². The Morgan fingerprint density at radius 3 is 2.44 bits per heavy atom. The summed E-state index contributed by atoms with van der Waals surface area (Å²) in [5.74, 6) is 2.07. The zero-order valence-corrected chi connectivity index (χ0v) is 20.9. The van der Waals surface area contributed by atoms with Gasteiger partial charge in [0.2, 0.25) is 0 Å². The summed E-state index contributed by atoms with van der Waals surface area (Å²) in [6, 6.07) is 15.8. The Kier molecular flexibility index (Phi) is 7.16. The van der Waals surface area contributed by atoms with Gasteiger partial charge in [-0.15, -0.1) is 0 Å². The second-order valence-corrected chi connectivity index (χ2v) is 9.40. The van der Waals surface area contributed by atoms with Crippen molar-refractivity contribution < 1.29 is 14.1 Å². The first kappa shape index (κ1) is 23.9. The molecule has 1 fully saturated rings. The molecule has 2 aromatic carbocycles. The first-order chi connectivity index (χ1) is 17.6. The maximum Gasteiger partial charge on any atom is 0.255 e. The molecule has 3 heterocycles. The highest BCUT2D eigenvalue weighted by atomic mass is 16.5. The molecule has 36 heavy (non-hydrogen) atoms. The SMILES string of the molecule is Cc1noc(C)c1COc1cc2ccccc2cc1C(=O)NCc1ccc(N2CCCCCC2)nc1. The van der Waals surface area contributed by atoms with Gasteiger partial charge >= 0.3 is 0 Å². The van der Waals surface area contributed by atoms with E-state index in [1.54, 1.807) is 0 Å². The molecule has 0 radical (unpaired) electrons. The largest absolute Gasteiger partial charge is 0.488 e. The van der Waals surface area contributed by atoms with Gasteiger partial charge < -0.3 is 19.5 Å². The summed E-state index contributed by atoms with van der Waals surface area (Å²) in [7, 11) is 0. The van der Waals surface area contributed by atoms with Gasteiger partial charge in [-0.3, -0.25) is 4.79 Å². The van der Waals surface area contributed by atoms with Crippen molar-refractivity contribution in [2.24, 2.45) is 0 Å². The van der Waals surface area contributed by atoms with E-state index in [0.29, 0.717) is 17.9 Å². The standard InChI is InChI=1S/C29H32N4O3/c1-20-26(21(2)36-32-20)19-35-27-16-24-10-6-5-9-23(24)15-25(27)29(34)31-18-22-11-12-28(30-17-22)33-13-7-3-4-8-14-33/h5-6,9-12,15-17H,3-4,7-8,13-14,18-19H2,1-2H3,(H,31,34). The smallest absolute Gasteiger partial charge is 0.255 e. The van der Waals surface area contributed by atoms with E-state index in [9.17, 15) is 4.79 Å². The van der Waals surface area contributed by atoms with Crippen LogP contribution in [0.4, 0.5) is 5.82 Å². The van der Waals surface area contributed by atoms with Gasteiger partial charge in [-0.1, -0.05) is 48.3 Å². The van der Waals surface area contributed by atoms with Crippen LogP contribution in [0, 0.1) is 13.8 Å². The lowest BCUT2D eigenvalue weighted by Gasteiger charge is -2.21. The molecule has 1 saturated heterocycles. The van der Waals surface area contributed by atoms with E-state index >= 15 is 0 Å². The number of hydrogen-bond donors (Lipinski definition) is 1. The average Bonchev–Trinajstić information content (AvgIpc) is 3.08. The molecule has 7 heteroatoms. The van der Waals surface area contributed by atoms with Crippen LogP contribution in [0.3, 0.4) is 0 Å². The number of hydrogen-bond acceptors (Lipinski definition) is 6. The number of pyridine rings is 1. The normalized spacial score (nSPS) is 14.0. The van der Waals surface area contributed by atoms with Crippen LogP contribution >= 0.6 is 0 Å². The van der Waals surface area contributed by atoms with Gasteiger partial charge in [0.05, 0.1) is 16.8 Å². The van der Waals surface area contributed by atoms with Crippen molar-refractivity contribution in [1.82, 2.24) is 15.5 Å². The Morgan fingerprint density at radius 2 is 1.78 bits per heavy atom. The van der Waals surface area contributed by atoms with Crippen molar-refractivity contribution >= 4 is 22.5 Å². The number of amides is 1. The maximum atomic E-state index is 13.3. The summed E-state index contributed by atoms with van der Waals surface area (Å²) in [4.78, 5) is 20.3. The molecule has 0 atom stereocenters. The van der Waals surface area contributed by atoms with Crippen molar-refractivity contribution in [2.45, 2.75) is 52.7 Å². The zero-order valence-electron chi connectivity index (χ0n) is 20.9. The van der Waals surface area contributed by atoms with Crippen LogP contribution < -0.4 is 15.0 Å². The topological polar surface area (TPSA) is 80.5 Å². The zero-order chi connectivity index (χ0) is 24.9. The van der Waals surface area contributed by atoms with Gasteiger partial charge in [-0.25, -0.2) is 4.98 Å². The highest BCUT2D eigenvalue weighted by Crippen LogP contribution is 2.28. The second kappa shape index (κ2) is 10.8. The van der Waals surface area contributed by atoms with Crippen molar-refractivity contribution in [3.63, 3.8) is 0 Å². The number of rotatable bonds is 7. The van der Waals surface area contributed by atoms with Crippen LogP contribution in [0.15, 0.2) is 59.3 Å². The fourth-order valence-corrected chi connectivity index (χ4v) is 4.66. The van der Waals surface area contributed by atoms with Gasteiger partial charge in [0.1, 0.15) is 23.9 Å². The van der Waals surface area contributed by atoms with Crippen LogP contribution in [0.2, 0.25) is 0 Å². The molecule has 1 N–H and O–H groups in total. The van der Waals surface area contributed by atoms with E-state index in [1.807, 2.05) is 62.5 Å². The molecule has 7 nitrogen and oxygen atoms in total. The van der Waals surface area contributed by atoms with Gasteiger partial charge in [-0.05, 0) is 61.2 Å². The summed E-state index contributed by atoms with van der Waals surface area (Å²) in [6.07, 6.45) is 6.87. The fraction of sp³-hybridized carbons (Fsp3) is 0.345. The van der Waals surface area contributed by atoms with E-state index in [2.05, 4.69) is 26.4 Å². The number of ether oxygens (including phenoxy) is 1. The van der Waals surface area contributed by atoms with Crippen LogP contribution in [0.5, 0.6) is 5.75 Å². The number of benzene rings is 2. The Morgan fingerprint density at radius 1 is 1.03 bits per heavy atom. The number of fused-ring (bicyclic) bond motifs is 1. The van der Waals surface area contributed by atoms with Crippen LogP contribution in [0.1, 0.15) is 58.6 Å². The van der Waals surface area contributed by atoms with E-state index in [0.717, 1.165) is 52.3 Å². The predicted molar refractivity (Wildman–Crippen MR) is 140 cm³/mol. The number of anilines is 1. The van der Waals surface area contributed by atoms with Gasteiger partial charge in [-0.2, -0.15) is 0 Å². The molecular weight excluding hydrogens is 452 g/mol. The molecular formula is C29H32N4O3. The summed E-state index contributed by atoms with van der Waals surface area (Å²) in [5.41, 5.74) is 3.14. The second-order valence-electron chi connectivity index (χ2n) is 9.40. The summed E-state index contributed by atoms with van der Waals surface area (Å²) in [5, 5.41) is 9.03. The minimum Gasteiger partial charge on any atom is -0.488 e. The third-order valence-corrected chi connectivity index (χ3v) is 6.84. The van der Waals surface area contributed by atoms with Gasteiger partial charge in [0, 0.05) is 25.8 Å². The Hall–Kier alpha value is -3.87. The lowest BCUT2D eigenvalue weighted by molar-refractivity contribution is 0.0946. The molecule has 0 aliphatic carbocycles. The molecule has 1 amide bonds. The molecule has 4 aromatic rings. The summed E-state index contributed by atoms with van der Waals surface area (Å²) >= 11 is 0. The molecule has 186 valence electrons. The summed E-state index contributed by atoms with van der Waals surface area (Å²) < 4.78 is 11.4. The number of carbonyl (C=O) groups is 1. The van der Waals surface area contributed by atoms with Crippen molar-refractivity contribution in [2.75, 3.05) is 18.0 Å². The fourth-order valence-electron chi connectivity index (χ4n) is 4.66. The molecule has 1 aliphatic heterocycles. The van der Waals surface area contributed by atoms with Crippen LogP contribution in [-0.2, 0) is 13.2 Å². The minimum atomic E-state index is -0.189. The summed E-state index contributed by atoms with van der Waals surface area (Å²) in [6.45, 7) is 6.53. The van der Waals surface area contributed by atoms with Crippen molar-refractivity contribution in [1.29, 1.82) is 0 Å². The number of aryl methyl sites for hydroxylation is 2. The quantitative estimate of drug-likeness (QED) is 0.361. The van der Waals surface area contributed by atoms with Gasteiger partial charge in [0.15, 0.2) is 0 Å². The number of nitrogens with one attached hydrogen (secondary N) is 1. The lowest BCUT2D eigenvalue weighted by atomic mass is 10.0. The van der Waals surface area contributed by atoms with E-state index in [1.165, 1.54) is 25.7 Å². The third kappa shape index (κ3) is 5.35. The Bertz CT molecular complexity index is 1320. The highest BCUT2D eigenvalue weighted by Gasteiger charge is 2.17. The third-order valence-electron chi connectivity index (χ3n) is 6.84. The highest BCUT2D eigenvalue weighted by molar-refractivity contribution is 6.01. The Labute approximate surface area is 211 Å². The van der Waals surface area contributed by atoms with Crippen molar-refractivity contribution in [3.8, 4) is 5.75 Å². The first-order valence-electron chi connectivity index (χ1n) is 12.6. The molecule has 0 unspecified atom stereocenters. The number of nitrogens with zero attached hydrogens (tertiary/aromatic N) is 3.